The van der Waals surface area contributed by atoms with E-state index in [4.69, 9.17) is 32.7 Å². The van der Waals surface area contributed by atoms with Crippen LogP contribution in [-0.4, -0.2) is 25.1 Å². The van der Waals surface area contributed by atoms with Gasteiger partial charge in [-0.15, -0.1) is 0 Å². The number of benzene rings is 2. The standard InChI is InChI=1S/C20H14Br2Cl2N2O4/c1-2-29-17(27)10-30-19-13(21)7-11(8-14(19)22)6-12(9-25)20(28)26-16-5-3-4-15(23)18(16)24/h3-8H,2,10H2,1H3,(H,26,28)/b12-6-. The van der Waals surface area contributed by atoms with Crippen molar-refractivity contribution in [3.8, 4) is 11.8 Å². The van der Waals surface area contributed by atoms with Crippen LogP contribution in [0.15, 0.2) is 44.9 Å². The predicted molar refractivity (Wildman–Crippen MR) is 123 cm³/mol. The third-order valence-corrected chi connectivity index (χ3v) is 5.53. The molecule has 30 heavy (non-hydrogen) atoms. The van der Waals surface area contributed by atoms with Gasteiger partial charge < -0.3 is 14.8 Å². The molecule has 0 fully saturated rings. The molecule has 156 valence electrons. The number of hydrogen-bond acceptors (Lipinski definition) is 5. The van der Waals surface area contributed by atoms with Crippen molar-refractivity contribution in [3.05, 3.63) is 60.5 Å². The fourth-order valence-electron chi connectivity index (χ4n) is 2.24. The first-order valence-corrected chi connectivity index (χ1v) is 10.8. The van der Waals surface area contributed by atoms with E-state index in [-0.39, 0.29) is 28.8 Å². The molecule has 0 unspecified atom stereocenters. The van der Waals surface area contributed by atoms with Crippen molar-refractivity contribution < 1.29 is 19.1 Å². The first-order valence-electron chi connectivity index (χ1n) is 8.41. The molecule has 0 saturated heterocycles. The first kappa shape index (κ1) is 24.2. The highest BCUT2D eigenvalue weighted by Crippen LogP contribution is 2.35. The summed E-state index contributed by atoms with van der Waals surface area (Å²) in [7, 11) is 0. The van der Waals surface area contributed by atoms with Gasteiger partial charge in [-0.3, -0.25) is 4.79 Å². The first-order chi connectivity index (χ1) is 14.3. The fraction of sp³-hybridized carbons (Fsp3) is 0.150. The van der Waals surface area contributed by atoms with E-state index in [1.807, 2.05) is 6.07 Å². The van der Waals surface area contributed by atoms with Gasteiger partial charge in [0, 0.05) is 0 Å². The van der Waals surface area contributed by atoms with E-state index in [9.17, 15) is 14.9 Å². The number of anilines is 1. The molecule has 0 atom stereocenters. The highest BCUT2D eigenvalue weighted by atomic mass is 79.9. The van der Waals surface area contributed by atoms with Gasteiger partial charge in [0.15, 0.2) is 6.61 Å². The third-order valence-electron chi connectivity index (χ3n) is 3.54. The van der Waals surface area contributed by atoms with Crippen molar-refractivity contribution in [2.24, 2.45) is 0 Å². The average Bonchev–Trinajstić information content (AvgIpc) is 2.69. The minimum absolute atomic E-state index is 0.148. The molecule has 0 saturated carbocycles. The number of carbonyl (C=O) groups excluding carboxylic acids is 2. The molecule has 2 aromatic rings. The molecule has 1 N–H and O–H groups in total. The molecule has 0 radical (unpaired) electrons. The number of esters is 1. The molecule has 0 aliphatic rings. The Morgan fingerprint density at radius 3 is 2.50 bits per heavy atom. The number of rotatable bonds is 7. The molecule has 0 aliphatic heterocycles. The molecule has 0 spiro atoms. The lowest BCUT2D eigenvalue weighted by atomic mass is 10.1. The number of halogens is 4. The van der Waals surface area contributed by atoms with Gasteiger partial charge in [0.2, 0.25) is 0 Å². The molecule has 0 aliphatic carbocycles. The van der Waals surface area contributed by atoms with Gasteiger partial charge >= 0.3 is 5.97 Å². The Morgan fingerprint density at radius 1 is 1.23 bits per heavy atom. The maximum atomic E-state index is 12.5. The van der Waals surface area contributed by atoms with E-state index in [0.717, 1.165) is 0 Å². The summed E-state index contributed by atoms with van der Waals surface area (Å²) in [6, 6.07) is 9.93. The summed E-state index contributed by atoms with van der Waals surface area (Å²) in [6.07, 6.45) is 1.40. The molecule has 2 aromatic carbocycles. The summed E-state index contributed by atoms with van der Waals surface area (Å²) in [5, 5.41) is 12.4. The zero-order valence-corrected chi connectivity index (χ0v) is 20.2. The highest BCUT2D eigenvalue weighted by molar-refractivity contribution is 9.11. The maximum Gasteiger partial charge on any atom is 0.344 e. The number of nitriles is 1. The molecule has 0 aromatic heterocycles. The number of carbonyl (C=O) groups is 2. The Hall–Kier alpha value is -2.05. The van der Waals surface area contributed by atoms with Crippen LogP contribution in [0.4, 0.5) is 5.69 Å². The van der Waals surface area contributed by atoms with E-state index in [0.29, 0.717) is 25.9 Å². The molecule has 0 bridgehead atoms. The third kappa shape index (κ3) is 6.47. The Labute approximate surface area is 200 Å². The molecule has 1 amide bonds. The van der Waals surface area contributed by atoms with Crippen molar-refractivity contribution in [1.29, 1.82) is 5.26 Å². The largest absolute Gasteiger partial charge is 0.480 e. The van der Waals surface area contributed by atoms with E-state index < -0.39 is 11.9 Å². The van der Waals surface area contributed by atoms with Crippen molar-refractivity contribution in [3.63, 3.8) is 0 Å². The molecule has 0 heterocycles. The van der Waals surface area contributed by atoms with Crippen LogP contribution < -0.4 is 10.1 Å². The number of hydrogen-bond donors (Lipinski definition) is 1. The Morgan fingerprint density at radius 2 is 1.90 bits per heavy atom. The zero-order chi connectivity index (χ0) is 22.3. The minimum Gasteiger partial charge on any atom is -0.480 e. The highest BCUT2D eigenvalue weighted by Gasteiger charge is 2.15. The lowest BCUT2D eigenvalue weighted by molar-refractivity contribution is -0.145. The lowest BCUT2D eigenvalue weighted by Gasteiger charge is -2.11. The summed E-state index contributed by atoms with van der Waals surface area (Å²) < 4.78 is 11.3. The molecule has 6 nitrogen and oxygen atoms in total. The van der Waals surface area contributed by atoms with E-state index in [2.05, 4.69) is 37.2 Å². The summed E-state index contributed by atoms with van der Waals surface area (Å²) >= 11 is 18.7. The van der Waals surface area contributed by atoms with Gasteiger partial charge in [0.25, 0.3) is 5.91 Å². The van der Waals surface area contributed by atoms with E-state index >= 15 is 0 Å². The van der Waals surface area contributed by atoms with Crippen molar-refractivity contribution in [2.75, 3.05) is 18.5 Å². The van der Waals surface area contributed by atoms with Crippen molar-refractivity contribution >= 4 is 78.7 Å². The lowest BCUT2D eigenvalue weighted by Crippen LogP contribution is -2.15. The normalized spacial score (nSPS) is 10.9. The number of nitrogens with one attached hydrogen (secondary N) is 1. The van der Waals surface area contributed by atoms with Gasteiger partial charge in [-0.05, 0) is 74.7 Å². The van der Waals surface area contributed by atoms with Crippen LogP contribution in [0, 0.1) is 11.3 Å². The van der Waals surface area contributed by atoms with E-state index in [1.54, 1.807) is 37.3 Å². The Kier molecular flexibility index (Phi) is 9.18. The Bertz CT molecular complexity index is 1030. The molecule has 10 heteroatoms. The van der Waals surface area contributed by atoms with Gasteiger partial charge in [-0.2, -0.15) is 5.26 Å². The second kappa shape index (κ2) is 11.4. The minimum atomic E-state index is -0.642. The van der Waals surface area contributed by atoms with Crippen molar-refractivity contribution in [2.45, 2.75) is 6.92 Å². The monoisotopic (exact) mass is 574 g/mol. The van der Waals surface area contributed by atoms with Crippen LogP contribution >= 0.6 is 55.1 Å². The van der Waals surface area contributed by atoms with Crippen LogP contribution in [0.25, 0.3) is 6.08 Å². The topological polar surface area (TPSA) is 88.4 Å². The second-order valence-corrected chi connectivity index (χ2v) is 8.13. The smallest absolute Gasteiger partial charge is 0.344 e. The number of ether oxygens (including phenoxy) is 2. The summed E-state index contributed by atoms with van der Waals surface area (Å²) in [5.74, 6) is -0.756. The summed E-state index contributed by atoms with van der Waals surface area (Å²) in [6.45, 7) is 1.70. The molecular formula is C20H14Br2Cl2N2O4. The van der Waals surface area contributed by atoms with Crippen LogP contribution in [0.1, 0.15) is 12.5 Å². The zero-order valence-electron chi connectivity index (χ0n) is 15.5. The summed E-state index contributed by atoms with van der Waals surface area (Å²) in [5.41, 5.74) is 0.687. The molecule has 2 rings (SSSR count). The van der Waals surface area contributed by atoms with Crippen LogP contribution in [0.2, 0.25) is 10.0 Å². The number of nitrogens with zero attached hydrogens (tertiary/aromatic N) is 1. The van der Waals surface area contributed by atoms with Gasteiger partial charge in [0.1, 0.15) is 17.4 Å². The SMILES string of the molecule is CCOC(=O)COc1c(Br)cc(/C=C(/C#N)C(=O)Nc2cccc(Cl)c2Cl)cc1Br. The Balaban J connectivity index is 2.22. The maximum absolute atomic E-state index is 12.5. The van der Waals surface area contributed by atoms with Crippen LogP contribution in [-0.2, 0) is 14.3 Å². The second-order valence-electron chi connectivity index (χ2n) is 5.63. The van der Waals surface area contributed by atoms with Crippen LogP contribution in [0.3, 0.4) is 0 Å². The van der Waals surface area contributed by atoms with Gasteiger partial charge in [-0.25, -0.2) is 4.79 Å². The fourth-order valence-corrected chi connectivity index (χ4v) is 4.04. The average molecular weight is 577 g/mol. The van der Waals surface area contributed by atoms with Gasteiger partial charge in [0.05, 0.1) is 31.3 Å². The quantitative estimate of drug-likeness (QED) is 0.248. The van der Waals surface area contributed by atoms with Crippen molar-refractivity contribution in [1.82, 2.24) is 0 Å². The van der Waals surface area contributed by atoms with Crippen LogP contribution in [0.5, 0.6) is 5.75 Å². The van der Waals surface area contributed by atoms with Gasteiger partial charge in [-0.1, -0.05) is 29.3 Å². The molecular weight excluding hydrogens is 563 g/mol. The van der Waals surface area contributed by atoms with E-state index in [1.165, 1.54) is 6.08 Å². The summed E-state index contributed by atoms with van der Waals surface area (Å²) in [4.78, 5) is 24.0. The number of amides is 1. The predicted octanol–water partition coefficient (Wildman–Crippen LogP) is 6.01.